The summed E-state index contributed by atoms with van der Waals surface area (Å²) in [7, 11) is 0. The van der Waals surface area contributed by atoms with E-state index in [1.165, 1.54) is 0 Å². The Labute approximate surface area is 68.9 Å². The van der Waals surface area contributed by atoms with Gasteiger partial charge in [0.05, 0.1) is 6.20 Å². The molecule has 46 valence electrons. The van der Waals surface area contributed by atoms with Crippen LogP contribution < -0.4 is 0 Å². The van der Waals surface area contributed by atoms with Gasteiger partial charge in [-0.25, -0.2) is 9.50 Å². The molecule has 0 aliphatic heterocycles. The van der Waals surface area contributed by atoms with Crippen LogP contribution in [0.25, 0.3) is 4.96 Å². The molecule has 2 aromatic rings. The number of rotatable bonds is 0. The van der Waals surface area contributed by atoms with Gasteiger partial charge in [0, 0.05) is 6.20 Å². The van der Waals surface area contributed by atoms with E-state index < -0.39 is 0 Å². The minimum Gasteiger partial charge on any atom is -0.226 e. The molecule has 0 radical (unpaired) electrons. The fourth-order valence-corrected chi connectivity index (χ4v) is 2.02. The van der Waals surface area contributed by atoms with Crippen LogP contribution in [0.3, 0.4) is 0 Å². The number of aromatic nitrogens is 3. The van der Waals surface area contributed by atoms with Crippen molar-refractivity contribution in [3.63, 3.8) is 0 Å². The third kappa shape index (κ3) is 0.837. The monoisotopic (exact) mass is 251 g/mol. The Morgan fingerprint density at radius 3 is 3.33 bits per heavy atom. The van der Waals surface area contributed by atoms with E-state index in [0.29, 0.717) is 0 Å². The van der Waals surface area contributed by atoms with Crippen LogP contribution in [0.2, 0.25) is 0 Å². The lowest BCUT2D eigenvalue weighted by molar-refractivity contribution is 0.957. The van der Waals surface area contributed by atoms with Gasteiger partial charge in [-0.15, -0.1) is 5.10 Å². The Morgan fingerprint density at radius 2 is 2.56 bits per heavy atom. The van der Waals surface area contributed by atoms with Gasteiger partial charge in [0.25, 0.3) is 0 Å². The van der Waals surface area contributed by atoms with Crippen molar-refractivity contribution in [2.75, 3.05) is 0 Å². The Morgan fingerprint density at radius 1 is 1.67 bits per heavy atom. The second kappa shape index (κ2) is 1.91. The topological polar surface area (TPSA) is 30.2 Å². The predicted molar refractivity (Wildman–Crippen MR) is 43.6 cm³/mol. The van der Waals surface area contributed by atoms with Crippen LogP contribution in [-0.4, -0.2) is 14.6 Å². The Balaban J connectivity index is 2.92. The first-order valence-corrected chi connectivity index (χ1v) is 4.21. The van der Waals surface area contributed by atoms with Gasteiger partial charge >= 0.3 is 0 Å². The molecule has 0 fully saturated rings. The van der Waals surface area contributed by atoms with Gasteiger partial charge in [-0.05, 0) is 22.6 Å². The van der Waals surface area contributed by atoms with E-state index in [1.54, 1.807) is 22.0 Å². The van der Waals surface area contributed by atoms with Crippen molar-refractivity contribution >= 4 is 38.9 Å². The summed E-state index contributed by atoms with van der Waals surface area (Å²) in [5.41, 5.74) is 0. The average Bonchev–Trinajstić information content (AvgIpc) is 2.22. The normalized spacial score (nSPS) is 10.8. The summed E-state index contributed by atoms with van der Waals surface area (Å²) in [6.45, 7) is 0. The molecule has 5 heteroatoms. The summed E-state index contributed by atoms with van der Waals surface area (Å²) < 4.78 is 2.79. The molecule has 0 saturated carbocycles. The lowest BCUT2D eigenvalue weighted by Crippen LogP contribution is -1.78. The van der Waals surface area contributed by atoms with Crippen molar-refractivity contribution in [3.8, 4) is 0 Å². The fraction of sp³-hybridized carbons (Fsp3) is 0. The standard InChI is InChI=1S/C4H2IN3S/c5-3-7-8-2-1-6-4(8)9-3/h1-2H. The summed E-state index contributed by atoms with van der Waals surface area (Å²) in [5.74, 6) is 0. The second-order valence-electron chi connectivity index (χ2n) is 1.51. The van der Waals surface area contributed by atoms with E-state index in [4.69, 9.17) is 0 Å². The van der Waals surface area contributed by atoms with Crippen LogP contribution in [-0.2, 0) is 0 Å². The minimum absolute atomic E-state index is 0.958. The zero-order chi connectivity index (χ0) is 6.27. The summed E-state index contributed by atoms with van der Waals surface area (Å²) >= 11 is 3.76. The van der Waals surface area contributed by atoms with E-state index in [2.05, 4.69) is 32.7 Å². The SMILES string of the molecule is Ic1nn2ccnc2s1. The van der Waals surface area contributed by atoms with Crippen molar-refractivity contribution < 1.29 is 0 Å². The van der Waals surface area contributed by atoms with Gasteiger partial charge in [0.1, 0.15) is 0 Å². The minimum atomic E-state index is 0.958. The fourth-order valence-electron chi connectivity index (χ4n) is 0.613. The molecule has 0 aliphatic carbocycles. The molecule has 0 atom stereocenters. The van der Waals surface area contributed by atoms with Crippen LogP contribution in [0.5, 0.6) is 0 Å². The van der Waals surface area contributed by atoms with Crippen molar-refractivity contribution in [3.05, 3.63) is 15.4 Å². The number of nitrogens with zero attached hydrogens (tertiary/aromatic N) is 3. The molecule has 3 nitrogen and oxygen atoms in total. The molecule has 2 rings (SSSR count). The number of hydrogen-bond acceptors (Lipinski definition) is 3. The molecular weight excluding hydrogens is 249 g/mol. The van der Waals surface area contributed by atoms with Crippen LogP contribution in [0.15, 0.2) is 12.4 Å². The van der Waals surface area contributed by atoms with Gasteiger partial charge in [-0.3, -0.25) is 0 Å². The van der Waals surface area contributed by atoms with Crippen molar-refractivity contribution in [1.29, 1.82) is 0 Å². The van der Waals surface area contributed by atoms with Crippen molar-refractivity contribution in [2.45, 2.75) is 0 Å². The smallest absolute Gasteiger partial charge is 0.212 e. The lowest BCUT2D eigenvalue weighted by Gasteiger charge is -1.70. The maximum Gasteiger partial charge on any atom is 0.212 e. The molecule has 2 heterocycles. The number of imidazole rings is 1. The van der Waals surface area contributed by atoms with E-state index in [1.807, 2.05) is 6.20 Å². The zero-order valence-corrected chi connectivity index (χ0v) is 7.26. The number of halogens is 1. The molecule has 0 aliphatic rings. The largest absolute Gasteiger partial charge is 0.226 e. The Hall–Kier alpha value is -0.170. The zero-order valence-electron chi connectivity index (χ0n) is 4.28. The quantitative estimate of drug-likeness (QED) is 0.662. The highest BCUT2D eigenvalue weighted by atomic mass is 127. The van der Waals surface area contributed by atoms with Crippen LogP contribution in [0.1, 0.15) is 0 Å². The first kappa shape index (κ1) is 5.60. The second-order valence-corrected chi connectivity index (χ2v) is 4.22. The van der Waals surface area contributed by atoms with Gasteiger partial charge < -0.3 is 0 Å². The van der Waals surface area contributed by atoms with E-state index in [9.17, 15) is 0 Å². The van der Waals surface area contributed by atoms with E-state index >= 15 is 0 Å². The molecule has 0 saturated heterocycles. The van der Waals surface area contributed by atoms with E-state index in [0.717, 1.165) is 7.98 Å². The Kier molecular flexibility index (Phi) is 1.19. The summed E-state index contributed by atoms with van der Waals surface area (Å²) in [6.07, 6.45) is 3.59. The van der Waals surface area contributed by atoms with Gasteiger partial charge in [0.15, 0.2) is 3.01 Å². The molecule has 0 spiro atoms. The van der Waals surface area contributed by atoms with E-state index in [-0.39, 0.29) is 0 Å². The van der Waals surface area contributed by atoms with Gasteiger partial charge in [-0.2, -0.15) is 0 Å². The highest BCUT2D eigenvalue weighted by Gasteiger charge is 1.97. The Bertz CT molecular complexity index is 297. The first-order chi connectivity index (χ1) is 4.36. The molecule has 2 aromatic heterocycles. The van der Waals surface area contributed by atoms with Gasteiger partial charge in [-0.1, -0.05) is 11.3 Å². The molecular formula is C4H2IN3S. The molecule has 0 N–H and O–H groups in total. The van der Waals surface area contributed by atoms with Crippen LogP contribution in [0.4, 0.5) is 0 Å². The van der Waals surface area contributed by atoms with Gasteiger partial charge in [0.2, 0.25) is 4.96 Å². The highest BCUT2D eigenvalue weighted by molar-refractivity contribution is 14.1. The third-order valence-corrected chi connectivity index (χ3v) is 2.55. The molecule has 0 amide bonds. The summed E-state index contributed by atoms with van der Waals surface area (Å²) in [4.78, 5) is 5.01. The highest BCUT2D eigenvalue weighted by Crippen LogP contribution is 2.13. The van der Waals surface area contributed by atoms with Crippen molar-refractivity contribution in [1.82, 2.24) is 14.6 Å². The summed E-state index contributed by atoms with van der Waals surface area (Å²) in [6, 6.07) is 0. The predicted octanol–water partition coefficient (Wildman–Crippen LogP) is 1.40. The number of hydrogen-bond donors (Lipinski definition) is 0. The molecule has 9 heavy (non-hydrogen) atoms. The third-order valence-electron chi connectivity index (χ3n) is 0.951. The van der Waals surface area contributed by atoms with Crippen LogP contribution in [0, 0.1) is 3.01 Å². The molecule has 0 bridgehead atoms. The summed E-state index contributed by atoms with van der Waals surface area (Å²) in [5, 5.41) is 4.13. The maximum atomic E-state index is 4.13. The molecule has 0 unspecified atom stereocenters. The van der Waals surface area contributed by atoms with Crippen LogP contribution >= 0.6 is 33.9 Å². The first-order valence-electron chi connectivity index (χ1n) is 2.32. The van der Waals surface area contributed by atoms with Crippen molar-refractivity contribution in [2.24, 2.45) is 0 Å². The lowest BCUT2D eigenvalue weighted by atomic mass is 11.0. The average molecular weight is 251 g/mol. The number of fused-ring (bicyclic) bond motifs is 1. The molecule has 0 aromatic carbocycles. The maximum absolute atomic E-state index is 4.13.